The van der Waals surface area contributed by atoms with Crippen LogP contribution in [0.3, 0.4) is 0 Å². The number of fused-ring (bicyclic) bond motifs is 1. The van der Waals surface area contributed by atoms with Crippen molar-refractivity contribution in [1.82, 2.24) is 4.98 Å². The Morgan fingerprint density at radius 2 is 2.20 bits per heavy atom. The summed E-state index contributed by atoms with van der Waals surface area (Å²) in [6.07, 6.45) is 3.44. The number of nitrogens with zero attached hydrogens (tertiary/aromatic N) is 1. The molecule has 2 rings (SSSR count). The van der Waals surface area contributed by atoms with Gasteiger partial charge in [-0.25, -0.2) is 0 Å². The molecule has 0 bridgehead atoms. The lowest BCUT2D eigenvalue weighted by Gasteiger charge is -1.98. The molecule has 0 spiro atoms. The lowest BCUT2D eigenvalue weighted by molar-refractivity contribution is -0.112. The number of hydrogen-bond acceptors (Lipinski definition) is 2. The van der Waals surface area contributed by atoms with E-state index >= 15 is 0 Å². The molecule has 3 heteroatoms. The van der Waals surface area contributed by atoms with Gasteiger partial charge in [-0.15, -0.1) is 0 Å². The maximum absolute atomic E-state index is 10.5. The zero-order valence-corrected chi connectivity index (χ0v) is 7.90. The quantitative estimate of drug-likeness (QED) is 0.641. The third-order valence-corrected chi connectivity index (χ3v) is 2.00. The molecule has 15 heavy (non-hydrogen) atoms. The number of rotatable bonds is 0. The summed E-state index contributed by atoms with van der Waals surface area (Å²) in [7, 11) is 0. The first-order chi connectivity index (χ1) is 7.27. The summed E-state index contributed by atoms with van der Waals surface area (Å²) in [5.74, 6) is 4.41. The van der Waals surface area contributed by atoms with E-state index in [1.54, 1.807) is 12.4 Å². The lowest BCUT2D eigenvalue weighted by Crippen LogP contribution is -2.06. The van der Waals surface area contributed by atoms with Gasteiger partial charge >= 0.3 is 0 Å². The van der Waals surface area contributed by atoms with E-state index in [1.807, 2.05) is 24.3 Å². The minimum absolute atomic E-state index is 0.629. The van der Waals surface area contributed by atoms with E-state index in [1.165, 1.54) is 0 Å². The topological polar surface area (TPSA) is 56.0 Å². The van der Waals surface area contributed by atoms with E-state index in [0.29, 0.717) is 0 Å². The van der Waals surface area contributed by atoms with Crippen LogP contribution in [0, 0.1) is 11.8 Å². The number of pyridine rings is 1. The second-order valence-electron chi connectivity index (χ2n) is 3.02. The summed E-state index contributed by atoms with van der Waals surface area (Å²) in [5.41, 5.74) is 5.72. The molecule has 0 aliphatic rings. The maximum atomic E-state index is 10.5. The van der Waals surface area contributed by atoms with Crippen LogP contribution in [0.5, 0.6) is 0 Å². The molecule has 1 aromatic heterocycles. The molecular weight excluding hydrogens is 188 g/mol. The van der Waals surface area contributed by atoms with Gasteiger partial charge in [-0.1, -0.05) is 18.1 Å². The van der Waals surface area contributed by atoms with Crippen LogP contribution in [0.25, 0.3) is 10.8 Å². The Balaban J connectivity index is 2.63. The summed E-state index contributed by atoms with van der Waals surface area (Å²) in [4.78, 5) is 14.6. The molecule has 72 valence electrons. The number of benzene rings is 1. The molecule has 0 saturated carbocycles. The van der Waals surface area contributed by atoms with Crippen molar-refractivity contribution in [2.24, 2.45) is 5.73 Å². The number of nitrogens with two attached hydrogens (primary N) is 1. The van der Waals surface area contributed by atoms with Gasteiger partial charge in [-0.05, 0) is 17.5 Å². The van der Waals surface area contributed by atoms with Gasteiger partial charge in [0, 0.05) is 29.3 Å². The van der Waals surface area contributed by atoms with Gasteiger partial charge in [0.1, 0.15) is 0 Å². The monoisotopic (exact) mass is 196 g/mol. The lowest BCUT2D eigenvalue weighted by atomic mass is 10.1. The van der Waals surface area contributed by atoms with Gasteiger partial charge in [0.25, 0.3) is 5.91 Å². The zero-order chi connectivity index (χ0) is 10.7. The Morgan fingerprint density at radius 3 is 3.00 bits per heavy atom. The highest BCUT2D eigenvalue weighted by atomic mass is 16.1. The Morgan fingerprint density at radius 1 is 1.33 bits per heavy atom. The number of hydrogen-bond donors (Lipinski definition) is 1. The van der Waals surface area contributed by atoms with Crippen molar-refractivity contribution in [2.75, 3.05) is 0 Å². The van der Waals surface area contributed by atoms with Crippen LogP contribution in [-0.2, 0) is 4.79 Å². The van der Waals surface area contributed by atoms with E-state index in [2.05, 4.69) is 16.8 Å². The highest BCUT2D eigenvalue weighted by Crippen LogP contribution is 2.15. The molecule has 1 amide bonds. The number of primary amides is 1. The first-order valence-electron chi connectivity index (χ1n) is 4.41. The Labute approximate surface area is 86.9 Å². The minimum Gasteiger partial charge on any atom is -0.359 e. The maximum Gasteiger partial charge on any atom is 0.293 e. The van der Waals surface area contributed by atoms with Gasteiger partial charge in [-0.3, -0.25) is 9.78 Å². The van der Waals surface area contributed by atoms with Crippen molar-refractivity contribution in [2.45, 2.75) is 0 Å². The van der Waals surface area contributed by atoms with Crippen molar-refractivity contribution in [3.8, 4) is 11.8 Å². The fraction of sp³-hybridized carbons (Fsp3) is 0. The summed E-state index contributed by atoms with van der Waals surface area (Å²) in [6.45, 7) is 0. The number of carbonyl (C=O) groups excluding carboxylic acids is 1. The number of carbonyl (C=O) groups is 1. The third-order valence-electron chi connectivity index (χ3n) is 2.00. The van der Waals surface area contributed by atoms with Crippen LogP contribution in [0.15, 0.2) is 36.7 Å². The second kappa shape index (κ2) is 3.81. The molecule has 0 saturated heterocycles. The molecule has 3 nitrogen and oxygen atoms in total. The van der Waals surface area contributed by atoms with Gasteiger partial charge in [0.05, 0.1) is 0 Å². The molecule has 0 atom stereocenters. The van der Waals surface area contributed by atoms with Crippen molar-refractivity contribution in [3.63, 3.8) is 0 Å². The average molecular weight is 196 g/mol. The molecule has 0 fully saturated rings. The van der Waals surface area contributed by atoms with Crippen LogP contribution in [0.1, 0.15) is 5.56 Å². The minimum atomic E-state index is -0.629. The van der Waals surface area contributed by atoms with E-state index in [9.17, 15) is 4.79 Å². The van der Waals surface area contributed by atoms with Crippen LogP contribution in [-0.4, -0.2) is 10.9 Å². The van der Waals surface area contributed by atoms with Crippen molar-refractivity contribution >= 4 is 16.7 Å². The van der Waals surface area contributed by atoms with Crippen LogP contribution in [0.2, 0.25) is 0 Å². The molecule has 2 N–H and O–H groups in total. The molecule has 2 aromatic rings. The molecular formula is C12H8N2O. The summed E-state index contributed by atoms with van der Waals surface area (Å²) >= 11 is 0. The largest absolute Gasteiger partial charge is 0.359 e. The van der Waals surface area contributed by atoms with Gasteiger partial charge in [0.2, 0.25) is 0 Å². The van der Waals surface area contributed by atoms with E-state index < -0.39 is 5.91 Å². The van der Waals surface area contributed by atoms with Crippen molar-refractivity contribution in [1.29, 1.82) is 0 Å². The predicted molar refractivity (Wildman–Crippen MR) is 57.8 cm³/mol. The Bertz CT molecular complexity index is 573. The van der Waals surface area contributed by atoms with Crippen LogP contribution >= 0.6 is 0 Å². The molecule has 1 aromatic carbocycles. The third kappa shape index (κ3) is 1.94. The summed E-state index contributed by atoms with van der Waals surface area (Å²) in [5, 5.41) is 1.97. The summed E-state index contributed by atoms with van der Waals surface area (Å²) < 4.78 is 0. The van der Waals surface area contributed by atoms with Gasteiger partial charge < -0.3 is 5.73 Å². The van der Waals surface area contributed by atoms with Crippen LogP contribution in [0.4, 0.5) is 0 Å². The summed E-state index contributed by atoms with van der Waals surface area (Å²) in [6, 6.07) is 7.57. The average Bonchev–Trinajstić information content (AvgIpc) is 2.26. The molecule has 0 aliphatic carbocycles. The van der Waals surface area contributed by atoms with Gasteiger partial charge in [0.15, 0.2) is 0 Å². The normalized spacial score (nSPS) is 9.33. The SMILES string of the molecule is NC(=O)C#Cc1cccc2ccncc12. The highest BCUT2D eigenvalue weighted by Gasteiger charge is 1.96. The zero-order valence-electron chi connectivity index (χ0n) is 7.90. The fourth-order valence-electron chi connectivity index (χ4n) is 1.35. The molecule has 0 aliphatic heterocycles. The first kappa shape index (κ1) is 9.22. The van der Waals surface area contributed by atoms with Crippen molar-refractivity contribution in [3.05, 3.63) is 42.2 Å². The Hall–Kier alpha value is -2.34. The van der Waals surface area contributed by atoms with Crippen LogP contribution < -0.4 is 5.73 Å². The number of amides is 1. The Kier molecular flexibility index (Phi) is 2.34. The van der Waals surface area contributed by atoms with E-state index in [-0.39, 0.29) is 0 Å². The van der Waals surface area contributed by atoms with Crippen molar-refractivity contribution < 1.29 is 4.79 Å². The molecule has 0 unspecified atom stereocenters. The smallest absolute Gasteiger partial charge is 0.293 e. The second-order valence-corrected chi connectivity index (χ2v) is 3.02. The number of aromatic nitrogens is 1. The predicted octanol–water partition coefficient (Wildman–Crippen LogP) is 1.07. The van der Waals surface area contributed by atoms with Gasteiger partial charge in [-0.2, -0.15) is 0 Å². The molecule has 0 radical (unpaired) electrons. The first-order valence-corrected chi connectivity index (χ1v) is 4.41. The standard InChI is InChI=1S/C12H8N2O/c13-12(15)5-4-9-2-1-3-10-6-7-14-8-11(9)10/h1-3,6-8H,(H2,13,15). The highest BCUT2D eigenvalue weighted by molar-refractivity contribution is 5.94. The van der Waals surface area contributed by atoms with E-state index in [0.717, 1.165) is 16.3 Å². The molecule has 1 heterocycles. The van der Waals surface area contributed by atoms with E-state index in [4.69, 9.17) is 5.73 Å². The fourth-order valence-corrected chi connectivity index (χ4v) is 1.35.